The molecule has 3 N–H and O–H groups in total. The molecule has 0 amide bonds. The van der Waals surface area contributed by atoms with E-state index in [-0.39, 0.29) is 0 Å². The SMILES string of the molecule is c1ccc2c(CC[NH2+]Cc3ccc4c(c3)OCO4)c[nH]c2c1. The molecule has 1 aliphatic rings. The van der Waals surface area contributed by atoms with E-state index >= 15 is 0 Å². The van der Waals surface area contributed by atoms with Crippen molar-refractivity contribution >= 4 is 10.9 Å². The zero-order valence-electron chi connectivity index (χ0n) is 12.3. The molecule has 2 aromatic carbocycles. The maximum atomic E-state index is 5.41. The highest BCUT2D eigenvalue weighted by atomic mass is 16.7. The molecular weight excluding hydrogens is 276 g/mol. The van der Waals surface area contributed by atoms with Crippen LogP contribution in [-0.2, 0) is 13.0 Å². The van der Waals surface area contributed by atoms with Crippen molar-refractivity contribution in [3.05, 3.63) is 59.8 Å². The molecule has 0 radical (unpaired) electrons. The number of H-pyrrole nitrogens is 1. The number of fused-ring (bicyclic) bond motifs is 2. The lowest BCUT2D eigenvalue weighted by atomic mass is 10.1. The van der Waals surface area contributed by atoms with Gasteiger partial charge in [0.05, 0.1) is 6.54 Å². The number of hydrogen-bond donors (Lipinski definition) is 2. The summed E-state index contributed by atoms with van der Waals surface area (Å²) in [5, 5.41) is 3.67. The Morgan fingerprint density at radius 3 is 2.95 bits per heavy atom. The summed E-state index contributed by atoms with van der Waals surface area (Å²) >= 11 is 0. The van der Waals surface area contributed by atoms with E-state index in [1.807, 2.05) is 6.07 Å². The summed E-state index contributed by atoms with van der Waals surface area (Å²) in [6.07, 6.45) is 3.19. The Morgan fingerprint density at radius 1 is 1.05 bits per heavy atom. The molecule has 112 valence electrons. The summed E-state index contributed by atoms with van der Waals surface area (Å²) in [6.45, 7) is 2.36. The van der Waals surface area contributed by atoms with Crippen molar-refractivity contribution in [2.45, 2.75) is 13.0 Å². The number of para-hydroxylation sites is 1. The van der Waals surface area contributed by atoms with Crippen LogP contribution >= 0.6 is 0 Å². The Hall–Kier alpha value is -2.46. The van der Waals surface area contributed by atoms with Gasteiger partial charge in [-0.05, 0) is 29.8 Å². The lowest BCUT2D eigenvalue weighted by Gasteiger charge is -2.03. The molecule has 0 bridgehead atoms. The average molecular weight is 295 g/mol. The predicted molar refractivity (Wildman–Crippen MR) is 85.1 cm³/mol. The molecule has 0 unspecified atom stereocenters. The molecule has 22 heavy (non-hydrogen) atoms. The third kappa shape index (κ3) is 2.53. The van der Waals surface area contributed by atoms with Gasteiger partial charge in [0.15, 0.2) is 11.5 Å². The fourth-order valence-corrected chi connectivity index (χ4v) is 2.93. The second kappa shape index (κ2) is 5.73. The van der Waals surface area contributed by atoms with Crippen molar-refractivity contribution in [1.82, 2.24) is 4.98 Å². The van der Waals surface area contributed by atoms with E-state index in [0.717, 1.165) is 31.0 Å². The molecule has 4 heteroatoms. The van der Waals surface area contributed by atoms with Crippen LogP contribution in [-0.4, -0.2) is 18.3 Å². The molecule has 1 aliphatic heterocycles. The predicted octanol–water partition coefficient (Wildman–Crippen LogP) is 2.20. The number of hydrogen-bond acceptors (Lipinski definition) is 2. The summed E-state index contributed by atoms with van der Waals surface area (Å²) in [6, 6.07) is 14.6. The van der Waals surface area contributed by atoms with Crippen molar-refractivity contribution in [2.75, 3.05) is 13.3 Å². The minimum absolute atomic E-state index is 0.336. The van der Waals surface area contributed by atoms with Gasteiger partial charge in [-0.1, -0.05) is 18.2 Å². The smallest absolute Gasteiger partial charge is 0.231 e. The summed E-state index contributed by atoms with van der Waals surface area (Å²) in [5.74, 6) is 1.71. The second-order valence-corrected chi connectivity index (χ2v) is 5.58. The van der Waals surface area contributed by atoms with E-state index < -0.39 is 0 Å². The second-order valence-electron chi connectivity index (χ2n) is 5.58. The molecule has 0 atom stereocenters. The lowest BCUT2D eigenvalue weighted by molar-refractivity contribution is -0.670. The first kappa shape index (κ1) is 13.2. The van der Waals surface area contributed by atoms with Crippen molar-refractivity contribution < 1.29 is 14.8 Å². The highest BCUT2D eigenvalue weighted by Crippen LogP contribution is 2.32. The number of ether oxygens (including phenoxy) is 2. The minimum Gasteiger partial charge on any atom is -0.454 e. The molecule has 0 fully saturated rings. The molecule has 0 spiro atoms. The summed E-state index contributed by atoms with van der Waals surface area (Å²) in [7, 11) is 0. The van der Waals surface area contributed by atoms with E-state index in [1.165, 1.54) is 22.0 Å². The zero-order valence-corrected chi connectivity index (χ0v) is 12.3. The van der Waals surface area contributed by atoms with Crippen molar-refractivity contribution in [1.29, 1.82) is 0 Å². The molecule has 4 rings (SSSR count). The third-order valence-electron chi connectivity index (χ3n) is 4.11. The summed E-state index contributed by atoms with van der Waals surface area (Å²) in [5.41, 5.74) is 3.87. The normalized spacial score (nSPS) is 12.9. The van der Waals surface area contributed by atoms with Gasteiger partial charge in [0, 0.05) is 29.1 Å². The number of nitrogens with two attached hydrogens (primary N) is 1. The third-order valence-corrected chi connectivity index (χ3v) is 4.11. The fraction of sp³-hybridized carbons (Fsp3) is 0.222. The van der Waals surface area contributed by atoms with Gasteiger partial charge in [-0.15, -0.1) is 0 Å². The van der Waals surface area contributed by atoms with Gasteiger partial charge in [-0.2, -0.15) is 0 Å². The van der Waals surface area contributed by atoms with Gasteiger partial charge in [0.25, 0.3) is 0 Å². The van der Waals surface area contributed by atoms with Gasteiger partial charge in [-0.25, -0.2) is 0 Å². The largest absolute Gasteiger partial charge is 0.454 e. The maximum absolute atomic E-state index is 5.41. The first-order valence-corrected chi connectivity index (χ1v) is 7.65. The van der Waals surface area contributed by atoms with Crippen molar-refractivity contribution in [3.63, 3.8) is 0 Å². The van der Waals surface area contributed by atoms with Gasteiger partial charge >= 0.3 is 0 Å². The molecule has 3 aromatic rings. The first-order valence-electron chi connectivity index (χ1n) is 7.65. The monoisotopic (exact) mass is 295 g/mol. The standard InChI is InChI=1S/C18H18N2O2/c1-2-4-16-15(3-1)14(11-20-16)7-8-19-10-13-5-6-17-18(9-13)22-12-21-17/h1-6,9,11,19-20H,7-8,10,12H2/p+1. The van der Waals surface area contributed by atoms with Crippen molar-refractivity contribution in [2.24, 2.45) is 0 Å². The van der Waals surface area contributed by atoms with Crippen LogP contribution in [0, 0.1) is 0 Å². The first-order chi connectivity index (χ1) is 10.9. The number of aromatic nitrogens is 1. The summed E-state index contributed by atoms with van der Waals surface area (Å²) in [4.78, 5) is 3.33. The van der Waals surface area contributed by atoms with Gasteiger partial charge in [0.2, 0.25) is 6.79 Å². The van der Waals surface area contributed by atoms with Crippen LogP contribution in [0.15, 0.2) is 48.7 Å². The van der Waals surface area contributed by atoms with Crippen LogP contribution in [0.2, 0.25) is 0 Å². The highest BCUT2D eigenvalue weighted by molar-refractivity contribution is 5.82. The molecule has 4 nitrogen and oxygen atoms in total. The molecule has 0 saturated heterocycles. The number of rotatable bonds is 5. The van der Waals surface area contributed by atoms with Crippen LogP contribution in [0.3, 0.4) is 0 Å². The Morgan fingerprint density at radius 2 is 1.95 bits per heavy atom. The Bertz CT molecular complexity index is 795. The number of aromatic amines is 1. The van der Waals surface area contributed by atoms with E-state index in [1.54, 1.807) is 0 Å². The van der Waals surface area contributed by atoms with Gasteiger partial charge in [-0.3, -0.25) is 0 Å². The lowest BCUT2D eigenvalue weighted by Crippen LogP contribution is -2.83. The van der Waals surface area contributed by atoms with E-state index in [4.69, 9.17) is 9.47 Å². The highest BCUT2D eigenvalue weighted by Gasteiger charge is 2.13. The van der Waals surface area contributed by atoms with Crippen LogP contribution in [0.1, 0.15) is 11.1 Å². The number of quaternary nitrogens is 1. The number of nitrogens with one attached hydrogen (secondary N) is 1. The van der Waals surface area contributed by atoms with Crippen LogP contribution in [0.4, 0.5) is 0 Å². The molecule has 0 aliphatic carbocycles. The number of benzene rings is 2. The zero-order chi connectivity index (χ0) is 14.8. The molecule has 0 saturated carbocycles. The van der Waals surface area contributed by atoms with Gasteiger partial charge < -0.3 is 19.8 Å². The Labute approximate surface area is 129 Å². The van der Waals surface area contributed by atoms with E-state index in [9.17, 15) is 0 Å². The van der Waals surface area contributed by atoms with E-state index in [0.29, 0.717) is 6.79 Å². The molecular formula is C18H19N2O2+. The van der Waals surface area contributed by atoms with E-state index in [2.05, 4.69) is 52.9 Å². The summed E-state index contributed by atoms with van der Waals surface area (Å²) < 4.78 is 10.7. The van der Waals surface area contributed by atoms with Gasteiger partial charge in [0.1, 0.15) is 6.54 Å². The van der Waals surface area contributed by atoms with Crippen LogP contribution in [0.5, 0.6) is 11.5 Å². The maximum Gasteiger partial charge on any atom is 0.231 e. The molecule has 1 aromatic heterocycles. The average Bonchev–Trinajstić information content (AvgIpc) is 3.18. The quantitative estimate of drug-likeness (QED) is 0.709. The Kier molecular flexibility index (Phi) is 3.45. The topological polar surface area (TPSA) is 50.9 Å². The fourth-order valence-electron chi connectivity index (χ4n) is 2.93. The Balaban J connectivity index is 1.34. The van der Waals surface area contributed by atoms with Crippen LogP contribution in [0.25, 0.3) is 10.9 Å². The minimum atomic E-state index is 0.336. The molecule has 2 heterocycles. The van der Waals surface area contributed by atoms with Crippen molar-refractivity contribution in [3.8, 4) is 11.5 Å². The van der Waals surface area contributed by atoms with Crippen LogP contribution < -0.4 is 14.8 Å².